The molecule has 1 heterocycles. The number of likely N-dealkylation sites (N-methyl/N-ethyl adjacent to an activating group) is 1. The van der Waals surface area contributed by atoms with Gasteiger partial charge in [0, 0.05) is 13.3 Å². The van der Waals surface area contributed by atoms with Crippen molar-refractivity contribution in [3.63, 3.8) is 0 Å². The molecule has 0 bridgehead atoms. The molecule has 0 aliphatic carbocycles. The Morgan fingerprint density at radius 2 is 1.85 bits per heavy atom. The third kappa shape index (κ3) is 6.06. The number of para-hydroxylation sites is 2. The van der Waals surface area contributed by atoms with Gasteiger partial charge in [-0.3, -0.25) is 9.59 Å². The van der Waals surface area contributed by atoms with E-state index in [9.17, 15) is 18.0 Å². The summed E-state index contributed by atoms with van der Waals surface area (Å²) in [7, 11) is -1.82. The van der Waals surface area contributed by atoms with Crippen LogP contribution < -0.4 is 0 Å². The number of amides is 1. The lowest BCUT2D eigenvalue weighted by Crippen LogP contribution is -2.38. The largest absolute Gasteiger partial charge is 0.459 e. The summed E-state index contributed by atoms with van der Waals surface area (Å²) < 4.78 is 30.2. The molecule has 1 aromatic heterocycles. The summed E-state index contributed by atoms with van der Waals surface area (Å²) in [6.07, 6.45) is 1.12. The maximum Gasteiger partial charge on any atom is 0.326 e. The Hall–Kier alpha value is -2.42. The van der Waals surface area contributed by atoms with Gasteiger partial charge in [-0.25, -0.2) is 13.4 Å². The molecule has 0 atom stereocenters. The number of esters is 1. The Bertz CT molecular complexity index is 957. The Kier molecular flexibility index (Phi) is 5.94. The minimum Gasteiger partial charge on any atom is -0.459 e. The number of aromatic nitrogens is 2. The number of hydrogen-bond acceptors (Lipinski definition) is 6. The van der Waals surface area contributed by atoms with Crippen molar-refractivity contribution < 1.29 is 22.7 Å². The second-order valence-electron chi connectivity index (χ2n) is 7.51. The van der Waals surface area contributed by atoms with E-state index in [4.69, 9.17) is 4.74 Å². The van der Waals surface area contributed by atoms with Crippen LogP contribution in [0.5, 0.6) is 0 Å². The van der Waals surface area contributed by atoms with E-state index >= 15 is 0 Å². The van der Waals surface area contributed by atoms with Crippen LogP contribution in [0.2, 0.25) is 0 Å². The van der Waals surface area contributed by atoms with Crippen LogP contribution in [0.15, 0.2) is 24.3 Å². The van der Waals surface area contributed by atoms with Crippen molar-refractivity contribution in [3.05, 3.63) is 30.1 Å². The van der Waals surface area contributed by atoms with Gasteiger partial charge in [-0.15, -0.1) is 0 Å². The van der Waals surface area contributed by atoms with Gasteiger partial charge in [-0.2, -0.15) is 0 Å². The molecule has 0 saturated heterocycles. The van der Waals surface area contributed by atoms with Crippen molar-refractivity contribution in [3.8, 4) is 0 Å². The van der Waals surface area contributed by atoms with E-state index in [0.717, 1.165) is 6.26 Å². The number of carbonyl (C=O) groups is 2. The number of ether oxygens (including phenoxy) is 1. The highest BCUT2D eigenvalue weighted by molar-refractivity contribution is 7.89. The summed E-state index contributed by atoms with van der Waals surface area (Å²) in [5, 5.41) is 0. The zero-order chi connectivity index (χ0) is 20.4. The lowest BCUT2D eigenvalue weighted by molar-refractivity contribution is -0.158. The monoisotopic (exact) mass is 395 g/mol. The molecule has 0 fully saturated rings. The van der Waals surface area contributed by atoms with Crippen molar-refractivity contribution in [1.29, 1.82) is 0 Å². The van der Waals surface area contributed by atoms with Crippen LogP contribution in [0.3, 0.4) is 0 Å². The Morgan fingerprint density at radius 1 is 1.22 bits per heavy atom. The molecule has 0 aliphatic rings. The van der Waals surface area contributed by atoms with E-state index in [1.807, 2.05) is 0 Å². The molecule has 0 radical (unpaired) electrons. The van der Waals surface area contributed by atoms with Crippen LogP contribution in [-0.2, 0) is 36.5 Å². The van der Waals surface area contributed by atoms with Gasteiger partial charge in [0.2, 0.25) is 5.91 Å². The molecule has 8 nitrogen and oxygen atoms in total. The van der Waals surface area contributed by atoms with Crippen LogP contribution in [-0.4, -0.2) is 60.2 Å². The zero-order valence-electron chi connectivity index (χ0n) is 16.2. The fraction of sp³-hybridized carbons (Fsp3) is 0.500. The van der Waals surface area contributed by atoms with Crippen LogP contribution in [0, 0.1) is 0 Å². The van der Waals surface area contributed by atoms with Gasteiger partial charge >= 0.3 is 5.97 Å². The fourth-order valence-corrected chi connectivity index (χ4v) is 3.25. The maximum atomic E-state index is 12.6. The summed E-state index contributed by atoms with van der Waals surface area (Å²) in [6, 6.07) is 7.11. The summed E-state index contributed by atoms with van der Waals surface area (Å²) in [4.78, 5) is 30.1. The van der Waals surface area contributed by atoms with Crippen molar-refractivity contribution in [1.82, 2.24) is 14.5 Å². The average Bonchev–Trinajstić information content (AvgIpc) is 2.80. The van der Waals surface area contributed by atoms with Gasteiger partial charge in [0.05, 0.1) is 11.0 Å². The predicted molar refractivity (Wildman–Crippen MR) is 102 cm³/mol. The molecule has 0 N–H and O–H groups in total. The number of imidazole rings is 1. The van der Waals surface area contributed by atoms with E-state index < -0.39 is 21.4 Å². The van der Waals surface area contributed by atoms with Gasteiger partial charge in [0.1, 0.15) is 30.3 Å². The van der Waals surface area contributed by atoms with Crippen molar-refractivity contribution in [2.45, 2.75) is 38.7 Å². The number of hydrogen-bond donors (Lipinski definition) is 0. The average molecular weight is 395 g/mol. The molecule has 0 unspecified atom stereocenters. The summed E-state index contributed by atoms with van der Waals surface area (Å²) in [5.41, 5.74) is 0.637. The summed E-state index contributed by atoms with van der Waals surface area (Å²) in [6.45, 7) is 4.94. The molecule has 0 saturated carbocycles. The van der Waals surface area contributed by atoms with Crippen LogP contribution in [0.4, 0.5) is 0 Å². The number of sulfone groups is 1. The molecule has 1 aromatic carbocycles. The topological polar surface area (TPSA) is 98.6 Å². The highest BCUT2D eigenvalue weighted by Gasteiger charge is 2.22. The van der Waals surface area contributed by atoms with Crippen LogP contribution >= 0.6 is 0 Å². The molecule has 9 heteroatoms. The fourth-order valence-electron chi connectivity index (χ4n) is 2.56. The van der Waals surface area contributed by atoms with Crippen molar-refractivity contribution in [2.24, 2.45) is 0 Å². The highest BCUT2D eigenvalue weighted by atomic mass is 32.2. The van der Waals surface area contributed by atoms with Crippen molar-refractivity contribution in [2.75, 3.05) is 19.8 Å². The highest BCUT2D eigenvalue weighted by Crippen LogP contribution is 2.18. The predicted octanol–water partition coefficient (Wildman–Crippen LogP) is 1.38. The molecule has 0 spiro atoms. The first-order valence-corrected chi connectivity index (χ1v) is 10.5. The van der Waals surface area contributed by atoms with E-state index in [1.54, 1.807) is 49.6 Å². The van der Waals surface area contributed by atoms with Gasteiger partial charge < -0.3 is 14.2 Å². The maximum absolute atomic E-state index is 12.6. The number of rotatable bonds is 6. The second kappa shape index (κ2) is 7.67. The SMILES string of the molecule is CN(CC(=O)OC(C)(C)C)C(=O)Cn1c(CS(C)(=O)=O)nc2ccccc21. The second-order valence-corrected chi connectivity index (χ2v) is 9.65. The van der Waals surface area contributed by atoms with E-state index in [2.05, 4.69) is 4.98 Å². The van der Waals surface area contributed by atoms with E-state index in [0.29, 0.717) is 11.0 Å². The molecule has 0 aliphatic heterocycles. The standard InChI is InChI=1S/C18H25N3O5S/c1-18(2,3)26-17(23)11-20(4)16(22)10-21-14-9-7-6-8-13(14)19-15(21)12-27(5,24)25/h6-9H,10-12H2,1-5H3. The molecular weight excluding hydrogens is 370 g/mol. The molecular formula is C18H25N3O5S. The molecule has 148 valence electrons. The third-order valence-corrected chi connectivity index (χ3v) is 4.41. The number of carbonyl (C=O) groups excluding carboxylic acids is 2. The quantitative estimate of drug-likeness (QED) is 0.685. The number of fused-ring (bicyclic) bond motifs is 1. The minimum atomic E-state index is -3.33. The van der Waals surface area contributed by atoms with Gasteiger partial charge in [0.25, 0.3) is 0 Å². The smallest absolute Gasteiger partial charge is 0.326 e. The first-order valence-electron chi connectivity index (χ1n) is 8.43. The van der Waals surface area contributed by atoms with Gasteiger partial charge in [-0.05, 0) is 32.9 Å². The first kappa shape index (κ1) is 20.9. The zero-order valence-corrected chi connectivity index (χ0v) is 17.0. The Morgan fingerprint density at radius 3 is 2.44 bits per heavy atom. The molecule has 1 amide bonds. The van der Waals surface area contributed by atoms with Crippen LogP contribution in [0.25, 0.3) is 11.0 Å². The Balaban J connectivity index is 2.22. The van der Waals surface area contributed by atoms with Crippen LogP contribution in [0.1, 0.15) is 26.6 Å². The summed E-state index contributed by atoms with van der Waals surface area (Å²) >= 11 is 0. The van der Waals surface area contributed by atoms with E-state index in [1.165, 1.54) is 11.9 Å². The van der Waals surface area contributed by atoms with Gasteiger partial charge in [0.15, 0.2) is 9.84 Å². The molecule has 2 rings (SSSR count). The van der Waals surface area contributed by atoms with Gasteiger partial charge in [-0.1, -0.05) is 12.1 Å². The van der Waals surface area contributed by atoms with Crippen molar-refractivity contribution >= 4 is 32.7 Å². The lowest BCUT2D eigenvalue weighted by Gasteiger charge is -2.23. The molecule has 27 heavy (non-hydrogen) atoms. The number of benzene rings is 1. The first-order chi connectivity index (χ1) is 12.4. The third-order valence-electron chi connectivity index (χ3n) is 3.63. The normalized spacial score (nSPS) is 12.2. The lowest BCUT2D eigenvalue weighted by atomic mass is 10.2. The number of nitrogens with zero attached hydrogens (tertiary/aromatic N) is 3. The Labute approximate surface area is 159 Å². The van der Waals surface area contributed by atoms with E-state index in [-0.39, 0.29) is 30.6 Å². The minimum absolute atomic E-state index is 0.120. The molecule has 2 aromatic rings. The summed E-state index contributed by atoms with van der Waals surface area (Å²) in [5.74, 6) is -0.841.